The highest BCUT2D eigenvalue weighted by atomic mass is 32.2. The van der Waals surface area contributed by atoms with E-state index in [-0.39, 0.29) is 29.2 Å². The quantitative estimate of drug-likeness (QED) is 0.921. The summed E-state index contributed by atoms with van der Waals surface area (Å²) in [6, 6.07) is 6.16. The van der Waals surface area contributed by atoms with Gasteiger partial charge < -0.3 is 10.0 Å². The van der Waals surface area contributed by atoms with Crippen LogP contribution in [0, 0.1) is 6.92 Å². The molecule has 2 atom stereocenters. The van der Waals surface area contributed by atoms with Gasteiger partial charge in [0.15, 0.2) is 11.2 Å². The zero-order chi connectivity index (χ0) is 15.6. The van der Waals surface area contributed by atoms with Gasteiger partial charge in [-0.25, -0.2) is 4.79 Å². The molecule has 1 aromatic rings. The smallest absolute Gasteiger partial charge is 0.331 e. The molecule has 1 saturated heterocycles. The molecule has 1 amide bonds. The molecular weight excluding hydrogens is 290 g/mol. The Balaban J connectivity index is 2.28. The Labute approximate surface area is 127 Å². The van der Waals surface area contributed by atoms with Crippen molar-refractivity contribution < 1.29 is 19.5 Å². The zero-order valence-electron chi connectivity index (χ0n) is 11.9. The first-order valence-corrected chi connectivity index (χ1v) is 7.53. The molecule has 6 heteroatoms. The maximum atomic E-state index is 12.1. The maximum Gasteiger partial charge on any atom is 0.331 e. The molecule has 0 aromatic heterocycles. The molecule has 0 spiro atoms. The number of aliphatic carboxylic acids is 1. The Kier molecular flexibility index (Phi) is 4.67. The number of benzene rings is 1. The first-order chi connectivity index (χ1) is 9.90. The molecule has 0 aliphatic carbocycles. The van der Waals surface area contributed by atoms with Crippen LogP contribution in [0.1, 0.15) is 30.5 Å². The van der Waals surface area contributed by atoms with Crippen LogP contribution in [0.5, 0.6) is 0 Å². The number of nitrogens with zero attached hydrogens (tertiary/aromatic N) is 1. The minimum atomic E-state index is -1.05. The van der Waals surface area contributed by atoms with Crippen LogP contribution in [0.4, 0.5) is 0 Å². The zero-order valence-corrected chi connectivity index (χ0v) is 12.7. The van der Waals surface area contributed by atoms with E-state index in [9.17, 15) is 19.5 Å². The normalized spacial score (nSPS) is 19.6. The second-order valence-corrected chi connectivity index (χ2v) is 6.56. The third-order valence-corrected chi connectivity index (χ3v) is 4.47. The third-order valence-electron chi connectivity index (χ3n) is 3.48. The van der Waals surface area contributed by atoms with Crippen LogP contribution < -0.4 is 0 Å². The predicted molar refractivity (Wildman–Crippen MR) is 79.9 cm³/mol. The molecule has 0 bridgehead atoms. The number of carbonyl (C=O) groups is 3. The summed E-state index contributed by atoms with van der Waals surface area (Å²) in [5.41, 5.74) is 1.45. The van der Waals surface area contributed by atoms with Crippen LogP contribution in [-0.2, 0) is 14.4 Å². The Morgan fingerprint density at radius 2 is 2.05 bits per heavy atom. The van der Waals surface area contributed by atoms with E-state index in [4.69, 9.17) is 0 Å². The molecule has 1 heterocycles. The molecule has 112 valence electrons. The van der Waals surface area contributed by atoms with E-state index in [2.05, 4.69) is 0 Å². The number of carbonyl (C=O) groups excluding carboxylic acids is 2. The molecule has 2 rings (SSSR count). The summed E-state index contributed by atoms with van der Waals surface area (Å²) >= 11 is 1.10. The molecule has 21 heavy (non-hydrogen) atoms. The topological polar surface area (TPSA) is 74.7 Å². The van der Waals surface area contributed by atoms with Gasteiger partial charge in [-0.2, -0.15) is 0 Å². The first-order valence-electron chi connectivity index (χ1n) is 6.65. The number of amides is 1. The monoisotopic (exact) mass is 307 g/mol. The number of carboxylic acid groups (broad SMARTS) is 1. The van der Waals surface area contributed by atoms with Gasteiger partial charge >= 0.3 is 5.97 Å². The van der Waals surface area contributed by atoms with E-state index >= 15 is 0 Å². The molecule has 1 aliphatic heterocycles. The van der Waals surface area contributed by atoms with Crippen molar-refractivity contribution in [3.8, 4) is 0 Å². The molecule has 0 saturated carbocycles. The van der Waals surface area contributed by atoms with E-state index in [0.29, 0.717) is 5.56 Å². The van der Waals surface area contributed by atoms with Gasteiger partial charge in [-0.1, -0.05) is 36.0 Å². The Bertz CT molecular complexity index is 587. The van der Waals surface area contributed by atoms with Gasteiger partial charge in [-0.3, -0.25) is 9.59 Å². The van der Waals surface area contributed by atoms with Gasteiger partial charge in [-0.15, -0.1) is 0 Å². The standard InChI is InChI=1S/C15H17NO4S/c1-9-5-3-4-6-12(9)14(15(19)20)16-8-11(7-13(16)18)21-10(2)17/h3-6,11,14H,7-8H2,1-2H3,(H,19,20). The van der Waals surface area contributed by atoms with Gasteiger partial charge in [0.2, 0.25) is 5.91 Å². The van der Waals surface area contributed by atoms with Crippen LogP contribution in [0.3, 0.4) is 0 Å². The Hall–Kier alpha value is -1.82. The molecule has 1 aliphatic rings. The first kappa shape index (κ1) is 15.6. The molecule has 0 radical (unpaired) electrons. The number of hydrogen-bond donors (Lipinski definition) is 1. The summed E-state index contributed by atoms with van der Waals surface area (Å²) < 4.78 is 0. The van der Waals surface area contributed by atoms with Gasteiger partial charge in [0, 0.05) is 25.1 Å². The number of aryl methyl sites for hydroxylation is 1. The summed E-state index contributed by atoms with van der Waals surface area (Å²) in [6.07, 6.45) is 0.208. The lowest BCUT2D eigenvalue weighted by Crippen LogP contribution is -2.36. The fourth-order valence-electron chi connectivity index (χ4n) is 2.59. The highest BCUT2D eigenvalue weighted by Gasteiger charge is 2.39. The molecular formula is C15H17NO4S. The third kappa shape index (κ3) is 3.44. The second-order valence-electron chi connectivity index (χ2n) is 5.08. The lowest BCUT2D eigenvalue weighted by Gasteiger charge is -2.26. The van der Waals surface area contributed by atoms with Crippen molar-refractivity contribution in [3.05, 3.63) is 35.4 Å². The average Bonchev–Trinajstić information content (AvgIpc) is 2.71. The molecule has 5 nitrogen and oxygen atoms in total. The van der Waals surface area contributed by atoms with E-state index in [1.165, 1.54) is 11.8 Å². The number of carboxylic acids is 1. The maximum absolute atomic E-state index is 12.1. The van der Waals surface area contributed by atoms with Crippen molar-refractivity contribution in [3.63, 3.8) is 0 Å². The van der Waals surface area contributed by atoms with Crippen LogP contribution in [0.2, 0.25) is 0 Å². The summed E-state index contributed by atoms with van der Waals surface area (Å²) in [7, 11) is 0. The highest BCUT2D eigenvalue weighted by Crippen LogP contribution is 2.32. The molecule has 1 fully saturated rings. The average molecular weight is 307 g/mol. The summed E-state index contributed by atoms with van der Waals surface area (Å²) in [4.78, 5) is 36.3. The lowest BCUT2D eigenvalue weighted by atomic mass is 10.0. The van der Waals surface area contributed by atoms with E-state index in [1.807, 2.05) is 19.1 Å². The van der Waals surface area contributed by atoms with Crippen molar-refractivity contribution in [1.82, 2.24) is 4.90 Å². The fraction of sp³-hybridized carbons (Fsp3) is 0.400. The van der Waals surface area contributed by atoms with Crippen molar-refractivity contribution in [2.24, 2.45) is 0 Å². The predicted octanol–water partition coefficient (Wildman–Crippen LogP) is 2.00. The van der Waals surface area contributed by atoms with Crippen molar-refractivity contribution in [2.45, 2.75) is 31.6 Å². The number of likely N-dealkylation sites (tertiary alicyclic amines) is 1. The summed E-state index contributed by atoms with van der Waals surface area (Å²) in [6.45, 7) is 3.57. The number of thioether (sulfide) groups is 1. The van der Waals surface area contributed by atoms with Crippen molar-refractivity contribution in [1.29, 1.82) is 0 Å². The number of hydrogen-bond acceptors (Lipinski definition) is 4. The van der Waals surface area contributed by atoms with Crippen LogP contribution in [-0.4, -0.2) is 38.8 Å². The fourth-order valence-corrected chi connectivity index (χ4v) is 3.52. The lowest BCUT2D eigenvalue weighted by molar-refractivity contribution is -0.148. The van der Waals surface area contributed by atoms with Crippen molar-refractivity contribution in [2.75, 3.05) is 6.54 Å². The minimum Gasteiger partial charge on any atom is -0.479 e. The van der Waals surface area contributed by atoms with Gasteiger partial charge in [0.05, 0.1) is 0 Å². The SMILES string of the molecule is CC(=O)SC1CC(=O)N(C(C(=O)O)c2ccccc2C)C1. The second kappa shape index (κ2) is 6.30. The Morgan fingerprint density at radius 1 is 1.38 bits per heavy atom. The summed E-state index contributed by atoms with van der Waals surface area (Å²) in [5.74, 6) is -1.27. The van der Waals surface area contributed by atoms with Crippen LogP contribution in [0.15, 0.2) is 24.3 Å². The van der Waals surface area contributed by atoms with E-state index in [1.54, 1.807) is 12.1 Å². The highest BCUT2D eigenvalue weighted by molar-refractivity contribution is 8.14. The van der Waals surface area contributed by atoms with Crippen LogP contribution >= 0.6 is 11.8 Å². The van der Waals surface area contributed by atoms with Gasteiger partial charge in [0.1, 0.15) is 0 Å². The molecule has 2 unspecified atom stereocenters. The molecule has 1 N–H and O–H groups in total. The summed E-state index contributed by atoms with van der Waals surface area (Å²) in [5, 5.41) is 9.31. The molecule has 1 aromatic carbocycles. The number of rotatable bonds is 4. The van der Waals surface area contributed by atoms with Gasteiger partial charge in [-0.05, 0) is 18.1 Å². The Morgan fingerprint density at radius 3 is 2.62 bits per heavy atom. The minimum absolute atomic E-state index is 0.0579. The van der Waals surface area contributed by atoms with E-state index < -0.39 is 12.0 Å². The van der Waals surface area contributed by atoms with Crippen molar-refractivity contribution >= 4 is 28.8 Å². The van der Waals surface area contributed by atoms with Gasteiger partial charge in [0.25, 0.3) is 0 Å². The largest absolute Gasteiger partial charge is 0.479 e. The van der Waals surface area contributed by atoms with E-state index in [0.717, 1.165) is 17.3 Å². The van der Waals surface area contributed by atoms with Crippen LogP contribution in [0.25, 0.3) is 0 Å².